The Morgan fingerprint density at radius 1 is 1.50 bits per heavy atom. The third-order valence-electron chi connectivity index (χ3n) is 4.32. The molecule has 1 saturated heterocycles. The second-order valence-electron chi connectivity index (χ2n) is 5.73. The number of benzene rings is 1. The van der Waals surface area contributed by atoms with Crippen molar-refractivity contribution < 1.29 is 9.53 Å². The van der Waals surface area contributed by atoms with Crippen LogP contribution in [0.1, 0.15) is 24.8 Å². The molecule has 2 fully saturated rings. The molecule has 0 spiro atoms. The molecule has 1 aliphatic carbocycles. The van der Waals surface area contributed by atoms with Gasteiger partial charge in [0, 0.05) is 18.3 Å². The molecule has 1 heterocycles. The largest absolute Gasteiger partial charge is 0.375 e. The fourth-order valence-electron chi connectivity index (χ4n) is 3.27. The first-order valence-electron chi connectivity index (χ1n) is 7.52. The normalized spacial score (nSPS) is 24.5. The lowest BCUT2D eigenvalue weighted by molar-refractivity contribution is -0.121. The molecule has 1 aromatic rings. The monoisotopic (exact) mass is 319 g/mol. The van der Waals surface area contributed by atoms with E-state index in [9.17, 15) is 4.79 Å². The molecule has 0 aromatic heterocycles. The van der Waals surface area contributed by atoms with Crippen LogP contribution in [0.4, 0.5) is 5.69 Å². The Bertz CT molecular complexity index is 614. The number of carbonyl (C=O) groups is 1. The van der Waals surface area contributed by atoms with Crippen LogP contribution in [0.2, 0.25) is 5.02 Å². The van der Waals surface area contributed by atoms with Gasteiger partial charge in [0.1, 0.15) is 6.07 Å². The standard InChI is InChI=1S/C16H18ClN3O2/c17-13-8-12(5-4-11(13)9-18)19-16(21)10-20-6-7-22-15-3-1-2-14(15)20/h4-5,8,14-15H,1-3,6-7,10H2,(H,19,21)/t14-,15-/m1/s1. The number of rotatable bonds is 3. The van der Waals surface area contributed by atoms with Crippen molar-refractivity contribution in [1.29, 1.82) is 5.26 Å². The van der Waals surface area contributed by atoms with E-state index in [-0.39, 0.29) is 12.0 Å². The number of fused-ring (bicyclic) bond motifs is 1. The Balaban J connectivity index is 1.60. The zero-order valence-corrected chi connectivity index (χ0v) is 13.0. The van der Waals surface area contributed by atoms with Gasteiger partial charge in [0.15, 0.2) is 0 Å². The van der Waals surface area contributed by atoms with Crippen LogP contribution in [0.15, 0.2) is 18.2 Å². The van der Waals surface area contributed by atoms with Crippen molar-refractivity contribution in [3.8, 4) is 6.07 Å². The number of morpholine rings is 1. The summed E-state index contributed by atoms with van der Waals surface area (Å²) in [5.74, 6) is -0.0617. The van der Waals surface area contributed by atoms with E-state index < -0.39 is 0 Å². The number of nitrogens with zero attached hydrogens (tertiary/aromatic N) is 2. The lowest BCUT2D eigenvalue weighted by Gasteiger charge is -2.37. The summed E-state index contributed by atoms with van der Waals surface area (Å²) in [6.07, 6.45) is 3.64. The van der Waals surface area contributed by atoms with Crippen molar-refractivity contribution >= 4 is 23.2 Å². The lowest BCUT2D eigenvalue weighted by atomic mass is 10.1. The van der Waals surface area contributed by atoms with Gasteiger partial charge in [0.05, 0.1) is 29.8 Å². The van der Waals surface area contributed by atoms with Crippen molar-refractivity contribution in [2.45, 2.75) is 31.4 Å². The van der Waals surface area contributed by atoms with Crippen LogP contribution in [0.25, 0.3) is 0 Å². The van der Waals surface area contributed by atoms with E-state index in [2.05, 4.69) is 10.2 Å². The highest BCUT2D eigenvalue weighted by Crippen LogP contribution is 2.29. The number of hydrogen-bond acceptors (Lipinski definition) is 4. The highest BCUT2D eigenvalue weighted by molar-refractivity contribution is 6.32. The summed E-state index contributed by atoms with van der Waals surface area (Å²) >= 11 is 5.98. The first-order chi connectivity index (χ1) is 10.7. The average Bonchev–Trinajstić information content (AvgIpc) is 2.97. The van der Waals surface area contributed by atoms with Crippen LogP contribution in [0, 0.1) is 11.3 Å². The molecule has 1 amide bonds. The van der Waals surface area contributed by atoms with Crippen molar-refractivity contribution in [2.75, 3.05) is 25.0 Å². The molecule has 0 bridgehead atoms. The van der Waals surface area contributed by atoms with Crippen LogP contribution >= 0.6 is 11.6 Å². The summed E-state index contributed by atoms with van der Waals surface area (Å²) in [5.41, 5.74) is 1.02. The fourth-order valence-corrected chi connectivity index (χ4v) is 3.49. The first-order valence-corrected chi connectivity index (χ1v) is 7.90. The summed E-state index contributed by atoms with van der Waals surface area (Å²) in [4.78, 5) is 14.4. The molecule has 116 valence electrons. The molecular formula is C16H18ClN3O2. The molecule has 0 radical (unpaired) electrons. The maximum atomic E-state index is 12.2. The van der Waals surface area contributed by atoms with Crippen LogP contribution in [-0.4, -0.2) is 42.6 Å². The highest BCUT2D eigenvalue weighted by atomic mass is 35.5. The third-order valence-corrected chi connectivity index (χ3v) is 4.63. The fraction of sp³-hybridized carbons (Fsp3) is 0.500. The molecule has 22 heavy (non-hydrogen) atoms. The van der Waals surface area contributed by atoms with Crippen LogP contribution in [0.5, 0.6) is 0 Å². The quantitative estimate of drug-likeness (QED) is 0.929. The number of halogens is 1. The summed E-state index contributed by atoms with van der Waals surface area (Å²) in [7, 11) is 0. The minimum atomic E-state index is -0.0617. The summed E-state index contributed by atoms with van der Waals surface area (Å²) < 4.78 is 5.75. The number of ether oxygens (including phenoxy) is 1. The number of hydrogen-bond donors (Lipinski definition) is 1. The number of nitrogens with one attached hydrogen (secondary N) is 1. The maximum absolute atomic E-state index is 12.2. The first kappa shape index (κ1) is 15.3. The molecular weight excluding hydrogens is 302 g/mol. The van der Waals surface area contributed by atoms with Gasteiger partial charge in [-0.1, -0.05) is 11.6 Å². The summed E-state index contributed by atoms with van der Waals surface area (Å²) in [6.45, 7) is 1.85. The Kier molecular flexibility index (Phi) is 4.63. The van der Waals surface area contributed by atoms with Crippen LogP contribution in [-0.2, 0) is 9.53 Å². The van der Waals surface area contributed by atoms with Gasteiger partial charge in [-0.25, -0.2) is 0 Å². The van der Waals surface area contributed by atoms with Crippen molar-refractivity contribution in [3.63, 3.8) is 0 Å². The van der Waals surface area contributed by atoms with Crippen LogP contribution < -0.4 is 5.32 Å². The molecule has 1 saturated carbocycles. The minimum Gasteiger partial charge on any atom is -0.375 e. The molecule has 1 N–H and O–H groups in total. The van der Waals surface area contributed by atoms with Crippen molar-refractivity contribution in [1.82, 2.24) is 4.90 Å². The van der Waals surface area contributed by atoms with E-state index in [0.29, 0.717) is 35.5 Å². The predicted octanol–water partition coefficient (Wildman–Crippen LogP) is 2.40. The number of carbonyl (C=O) groups excluding carboxylic acids is 1. The molecule has 2 atom stereocenters. The zero-order chi connectivity index (χ0) is 15.5. The van der Waals surface area contributed by atoms with Gasteiger partial charge >= 0.3 is 0 Å². The third kappa shape index (κ3) is 3.25. The van der Waals surface area contributed by atoms with E-state index in [1.807, 2.05) is 6.07 Å². The SMILES string of the molecule is N#Cc1ccc(NC(=O)CN2CCO[C@@H]3CCC[C@H]32)cc1Cl. The van der Waals surface area contributed by atoms with Gasteiger partial charge in [-0.3, -0.25) is 9.69 Å². The summed E-state index contributed by atoms with van der Waals surface area (Å²) in [6, 6.07) is 7.28. The van der Waals surface area contributed by atoms with Gasteiger partial charge in [-0.2, -0.15) is 5.26 Å². The van der Waals surface area contributed by atoms with Gasteiger partial charge in [0.2, 0.25) is 5.91 Å². The minimum absolute atomic E-state index is 0.0617. The highest BCUT2D eigenvalue weighted by Gasteiger charge is 2.36. The molecule has 0 unspecified atom stereocenters. The number of anilines is 1. The molecule has 3 rings (SSSR count). The summed E-state index contributed by atoms with van der Waals surface area (Å²) in [5, 5.41) is 12.0. The maximum Gasteiger partial charge on any atom is 0.238 e. The van der Waals surface area contributed by atoms with Gasteiger partial charge in [-0.05, 0) is 37.5 Å². The Labute approximate surface area is 134 Å². The lowest BCUT2D eigenvalue weighted by Crippen LogP contribution is -2.51. The van der Waals surface area contributed by atoms with Gasteiger partial charge < -0.3 is 10.1 Å². The Hall–Kier alpha value is -1.61. The van der Waals surface area contributed by atoms with Crippen molar-refractivity contribution in [2.24, 2.45) is 0 Å². The van der Waals surface area contributed by atoms with Gasteiger partial charge in [0.25, 0.3) is 0 Å². The molecule has 2 aliphatic rings. The van der Waals surface area contributed by atoms with Crippen molar-refractivity contribution in [3.05, 3.63) is 28.8 Å². The van der Waals surface area contributed by atoms with E-state index in [1.165, 1.54) is 6.42 Å². The number of nitriles is 1. The van der Waals surface area contributed by atoms with E-state index in [4.69, 9.17) is 21.6 Å². The topological polar surface area (TPSA) is 65.4 Å². The van der Waals surface area contributed by atoms with Gasteiger partial charge in [-0.15, -0.1) is 0 Å². The molecule has 1 aliphatic heterocycles. The second-order valence-corrected chi connectivity index (χ2v) is 6.14. The van der Waals surface area contributed by atoms with E-state index in [1.54, 1.807) is 18.2 Å². The number of amides is 1. The smallest absolute Gasteiger partial charge is 0.238 e. The Morgan fingerprint density at radius 2 is 2.36 bits per heavy atom. The average molecular weight is 320 g/mol. The molecule has 6 heteroatoms. The van der Waals surface area contributed by atoms with Crippen LogP contribution in [0.3, 0.4) is 0 Å². The molecule has 5 nitrogen and oxygen atoms in total. The van der Waals surface area contributed by atoms with E-state index in [0.717, 1.165) is 19.4 Å². The zero-order valence-electron chi connectivity index (χ0n) is 12.2. The Morgan fingerprint density at radius 3 is 3.14 bits per heavy atom. The predicted molar refractivity (Wildman–Crippen MR) is 83.7 cm³/mol. The molecule has 1 aromatic carbocycles. The van der Waals surface area contributed by atoms with E-state index >= 15 is 0 Å². The second kappa shape index (κ2) is 6.66.